The van der Waals surface area contributed by atoms with Crippen LogP contribution in [0.1, 0.15) is 25.8 Å². The largest absolute Gasteiger partial charge is 0.493 e. The van der Waals surface area contributed by atoms with Crippen molar-refractivity contribution in [3.05, 3.63) is 35.4 Å². The molecule has 1 aromatic rings. The molecule has 22 heavy (non-hydrogen) atoms. The van der Waals surface area contributed by atoms with Crippen LogP contribution >= 0.6 is 0 Å². The van der Waals surface area contributed by atoms with Crippen molar-refractivity contribution in [2.75, 3.05) is 20.6 Å². The van der Waals surface area contributed by atoms with Crippen molar-refractivity contribution in [2.45, 2.75) is 36.4 Å². The molecular formula is C18H21NO3. The molecule has 4 nitrogen and oxygen atoms in total. The van der Waals surface area contributed by atoms with Crippen LogP contribution in [0.2, 0.25) is 0 Å². The van der Waals surface area contributed by atoms with Crippen molar-refractivity contribution >= 4 is 0 Å². The molecule has 1 saturated heterocycles. The van der Waals surface area contributed by atoms with E-state index in [9.17, 15) is 2.74 Å². The fourth-order valence-corrected chi connectivity index (χ4v) is 4.59. The van der Waals surface area contributed by atoms with Gasteiger partial charge in [0, 0.05) is 28.4 Å². The van der Waals surface area contributed by atoms with Gasteiger partial charge in [0.05, 0.1) is 9.85 Å². The molecule has 5 rings (SSSR count). The highest BCUT2D eigenvalue weighted by Crippen LogP contribution is 2.62. The number of benzene rings is 1. The summed E-state index contributed by atoms with van der Waals surface area (Å²) in [5.74, 6) is 0.00359. The maximum atomic E-state index is 9.29. The number of hydrogen-bond donors (Lipinski definition) is 1. The minimum atomic E-state index is -2.48. The number of hydrogen-bond acceptors (Lipinski definition) is 4. The zero-order valence-corrected chi connectivity index (χ0v) is 12.2. The number of nitrogens with zero attached hydrogens (tertiary/aromatic N) is 1. The number of piperidine rings is 1. The molecule has 0 aromatic heterocycles. The highest BCUT2D eigenvalue weighted by atomic mass is 16.5. The molecular weight excluding hydrogens is 278 g/mol. The highest BCUT2D eigenvalue weighted by Gasteiger charge is 2.64. The van der Waals surface area contributed by atoms with Gasteiger partial charge >= 0.3 is 0 Å². The molecule has 2 unspecified atom stereocenters. The molecule has 116 valence electrons. The van der Waals surface area contributed by atoms with E-state index in [1.54, 1.807) is 18.2 Å². The number of ether oxygens (including phenoxy) is 2. The van der Waals surface area contributed by atoms with Crippen molar-refractivity contribution < 1.29 is 22.8 Å². The van der Waals surface area contributed by atoms with E-state index in [0.717, 1.165) is 0 Å². The second-order valence-electron chi connectivity index (χ2n) is 6.30. The quantitative estimate of drug-likeness (QED) is 0.841. The van der Waals surface area contributed by atoms with E-state index < -0.39 is 36.5 Å². The van der Waals surface area contributed by atoms with Gasteiger partial charge in [-0.25, -0.2) is 0 Å². The predicted octanol–water partition coefficient (Wildman–Crippen LogP) is 1.50. The Morgan fingerprint density at radius 2 is 2.50 bits per heavy atom. The summed E-state index contributed by atoms with van der Waals surface area (Å²) < 4.78 is 70.2. The van der Waals surface area contributed by atoms with E-state index in [-0.39, 0.29) is 19.4 Å². The molecule has 4 aliphatic rings. The second-order valence-corrected chi connectivity index (χ2v) is 6.30. The van der Waals surface area contributed by atoms with Crippen LogP contribution in [0.5, 0.6) is 11.5 Å². The van der Waals surface area contributed by atoms with Gasteiger partial charge in [-0.05, 0) is 38.0 Å². The molecule has 2 heterocycles. The lowest BCUT2D eigenvalue weighted by atomic mass is 9.53. The van der Waals surface area contributed by atoms with Crippen molar-refractivity contribution in [2.24, 2.45) is 5.92 Å². The Morgan fingerprint density at radius 3 is 3.32 bits per heavy atom. The van der Waals surface area contributed by atoms with Gasteiger partial charge in [0.25, 0.3) is 0 Å². The molecule has 2 aliphatic carbocycles. The first-order valence-electron chi connectivity index (χ1n) is 10.9. The maximum Gasteiger partial charge on any atom is 0.211 e. The SMILES string of the molecule is [2H]OC1([2H])C=C[C@H]2[C@@]3([2H])Cc4ccc(OC)c5c4[C@@]2(CCN3C([2H])([2H])[2H])C1([2H])O5. The molecule has 1 aromatic carbocycles. The summed E-state index contributed by atoms with van der Waals surface area (Å²) in [5, 5.41) is 4.72. The summed E-state index contributed by atoms with van der Waals surface area (Å²) in [6.45, 7) is -2.44. The fraction of sp³-hybridized carbons (Fsp3) is 0.556. The highest BCUT2D eigenvalue weighted by molar-refractivity contribution is 5.62. The van der Waals surface area contributed by atoms with Gasteiger partial charge in [0.15, 0.2) is 11.5 Å². The lowest BCUT2D eigenvalue weighted by Crippen LogP contribution is -2.64. The van der Waals surface area contributed by atoms with Crippen molar-refractivity contribution in [3.8, 4) is 11.5 Å². The second kappa shape index (κ2) is 4.06. The van der Waals surface area contributed by atoms with Gasteiger partial charge in [0.1, 0.15) is 12.2 Å². The van der Waals surface area contributed by atoms with Crippen molar-refractivity contribution in [3.63, 3.8) is 0 Å². The van der Waals surface area contributed by atoms with Crippen LogP contribution in [0.4, 0.5) is 0 Å². The van der Waals surface area contributed by atoms with Crippen LogP contribution < -0.4 is 9.47 Å². The normalized spacial score (nSPS) is 56.2. The van der Waals surface area contributed by atoms with Gasteiger partial charge < -0.3 is 19.5 Å². The zero-order valence-electron chi connectivity index (χ0n) is 19.2. The topological polar surface area (TPSA) is 41.9 Å². The first kappa shape index (κ1) is 7.84. The number of likely N-dealkylation sites (N-methyl/N-ethyl adjacent to an activating group) is 1. The van der Waals surface area contributed by atoms with Crippen LogP contribution in [0, 0.1) is 5.92 Å². The monoisotopic (exact) mass is 306 g/mol. The Morgan fingerprint density at radius 1 is 1.55 bits per heavy atom. The maximum absolute atomic E-state index is 9.29. The predicted molar refractivity (Wildman–Crippen MR) is 82.5 cm³/mol. The molecule has 0 amide bonds. The number of aliphatic hydroxyl groups is 1. The average molecular weight is 306 g/mol. The third kappa shape index (κ3) is 1.28. The van der Waals surface area contributed by atoms with Crippen LogP contribution in [0.25, 0.3) is 0 Å². The Balaban J connectivity index is 1.86. The van der Waals surface area contributed by atoms with E-state index >= 15 is 0 Å². The molecule has 2 bridgehead atoms. The summed E-state index contributed by atoms with van der Waals surface area (Å²) in [7, 11) is 1.48. The van der Waals surface area contributed by atoms with Gasteiger partial charge in [-0.3, -0.25) is 0 Å². The Hall–Kier alpha value is -1.52. The molecule has 5 atom stereocenters. The summed E-state index contributed by atoms with van der Waals surface area (Å²) in [6.07, 6.45) is -1.06. The van der Waals surface area contributed by atoms with Crippen LogP contribution in [0.15, 0.2) is 24.3 Å². The minimum absolute atomic E-state index is 0.0402. The van der Waals surface area contributed by atoms with Crippen LogP contribution in [-0.4, -0.2) is 50.2 Å². The number of methoxy groups -OCH3 is 1. The molecule has 1 fully saturated rings. The van der Waals surface area contributed by atoms with E-state index in [2.05, 4.69) is 0 Å². The van der Waals surface area contributed by atoms with Crippen LogP contribution in [-0.2, 0) is 11.8 Å². The third-order valence-electron chi connectivity index (χ3n) is 5.48. The Labute approximate surface area is 140 Å². The molecule has 0 saturated carbocycles. The standard InChI is InChI=1S/C18H21NO3/c1-19-8-7-18-11-4-5-13(20)17(18)22-16-14(21-2)6-3-10(15(16)18)9-12(11)19/h3-6,11-13,17,20H,7-9H2,1-2H3/t11-,12+,13?,17?,18-/m0/s1/i1D3,12D,13D,17D,20D. The van der Waals surface area contributed by atoms with Gasteiger partial charge in [-0.2, -0.15) is 0 Å². The summed E-state index contributed by atoms with van der Waals surface area (Å²) >= 11 is 0. The summed E-state index contributed by atoms with van der Waals surface area (Å²) in [5.41, 5.74) is 0.187. The Kier molecular flexibility index (Phi) is 1.45. The number of likely N-dealkylation sites (tertiary alicyclic amines) is 1. The Bertz CT molecular complexity index is 939. The van der Waals surface area contributed by atoms with E-state index in [1.165, 1.54) is 18.1 Å². The molecule has 0 radical (unpaired) electrons. The van der Waals surface area contributed by atoms with Crippen molar-refractivity contribution in [1.82, 2.24) is 4.90 Å². The zero-order chi connectivity index (χ0) is 21.0. The van der Waals surface area contributed by atoms with E-state index in [1.807, 2.05) is 0 Å². The van der Waals surface area contributed by atoms with Gasteiger partial charge in [0.2, 0.25) is 1.43 Å². The van der Waals surface area contributed by atoms with Crippen molar-refractivity contribution in [1.29, 1.82) is 1.43 Å². The lowest BCUT2D eigenvalue weighted by molar-refractivity contribution is -0.0453. The first-order chi connectivity index (χ1) is 13.5. The first-order valence-corrected chi connectivity index (χ1v) is 7.49. The summed E-state index contributed by atoms with van der Waals surface area (Å²) in [6, 6.07) is 1.90. The number of rotatable bonds is 2. The lowest BCUT2D eigenvalue weighted by Gasteiger charge is -2.56. The molecule has 4 heteroatoms. The fourth-order valence-electron chi connectivity index (χ4n) is 4.59. The minimum Gasteiger partial charge on any atom is -0.493 e. The smallest absolute Gasteiger partial charge is 0.211 e. The van der Waals surface area contributed by atoms with Gasteiger partial charge in [-0.1, -0.05) is 18.2 Å². The average Bonchev–Trinajstić information content (AvgIpc) is 2.91. The molecule has 1 N–H and O–H groups in total. The summed E-state index contributed by atoms with van der Waals surface area (Å²) in [4.78, 5) is 1.21. The van der Waals surface area contributed by atoms with Gasteiger partial charge in [-0.15, -0.1) is 0 Å². The third-order valence-corrected chi connectivity index (χ3v) is 5.48. The van der Waals surface area contributed by atoms with E-state index in [0.29, 0.717) is 22.6 Å². The molecule has 2 aliphatic heterocycles. The van der Waals surface area contributed by atoms with Crippen LogP contribution in [0.3, 0.4) is 0 Å². The molecule has 1 spiro atoms. The van der Waals surface area contributed by atoms with E-state index in [4.69, 9.17) is 21.5 Å².